The van der Waals surface area contributed by atoms with Crippen LogP contribution in [-0.4, -0.2) is 39.8 Å². The molecule has 1 aromatic heterocycles. The summed E-state index contributed by atoms with van der Waals surface area (Å²) in [5.41, 5.74) is 7.00. The van der Waals surface area contributed by atoms with Gasteiger partial charge in [0.1, 0.15) is 11.6 Å². The Hall–Kier alpha value is -2.83. The monoisotopic (exact) mass is 356 g/mol. The van der Waals surface area contributed by atoms with Crippen LogP contribution in [-0.2, 0) is 11.2 Å². The molecule has 0 unspecified atom stereocenters. The maximum Gasteiger partial charge on any atom is 0.252 e. The fourth-order valence-corrected chi connectivity index (χ4v) is 3.20. The van der Waals surface area contributed by atoms with Gasteiger partial charge in [-0.2, -0.15) is 0 Å². The van der Waals surface area contributed by atoms with Gasteiger partial charge in [0.25, 0.3) is 5.91 Å². The van der Waals surface area contributed by atoms with Gasteiger partial charge >= 0.3 is 0 Å². The van der Waals surface area contributed by atoms with E-state index in [1.807, 2.05) is 4.90 Å². The minimum Gasteiger partial charge on any atom is -0.365 e. The Kier molecular flexibility index (Phi) is 5.25. The largest absolute Gasteiger partial charge is 0.365 e. The number of amides is 2. The molecule has 0 aliphatic carbocycles. The zero-order chi connectivity index (χ0) is 18.7. The van der Waals surface area contributed by atoms with Crippen LogP contribution in [0.5, 0.6) is 0 Å². The summed E-state index contributed by atoms with van der Waals surface area (Å²) in [7, 11) is 0. The molecule has 2 amide bonds. The normalized spacial score (nSPS) is 15.1. The first-order chi connectivity index (χ1) is 12.4. The van der Waals surface area contributed by atoms with Crippen LogP contribution in [0.3, 0.4) is 0 Å². The number of aromatic nitrogens is 2. The fraction of sp³-hybridized carbons (Fsp3) is 0.368. The SMILES string of the molecule is Cc1nc(C2CCN(C(=O)Cc3ccc(F)cc3)CC2)ncc1C(N)=O. The average molecular weight is 356 g/mol. The van der Waals surface area contributed by atoms with Gasteiger partial charge in [-0.05, 0) is 37.5 Å². The van der Waals surface area contributed by atoms with Gasteiger partial charge in [0.15, 0.2) is 0 Å². The molecule has 1 aromatic carbocycles. The smallest absolute Gasteiger partial charge is 0.252 e. The van der Waals surface area contributed by atoms with Gasteiger partial charge in [-0.1, -0.05) is 12.1 Å². The van der Waals surface area contributed by atoms with Gasteiger partial charge in [-0.3, -0.25) is 9.59 Å². The molecule has 136 valence electrons. The number of nitrogens with zero attached hydrogens (tertiary/aromatic N) is 3. The minimum atomic E-state index is -0.532. The van der Waals surface area contributed by atoms with Gasteiger partial charge in [0.2, 0.25) is 5.91 Å². The van der Waals surface area contributed by atoms with Crippen molar-refractivity contribution in [2.24, 2.45) is 5.73 Å². The van der Waals surface area contributed by atoms with Crippen LogP contribution in [0, 0.1) is 12.7 Å². The van der Waals surface area contributed by atoms with E-state index >= 15 is 0 Å². The second-order valence-corrected chi connectivity index (χ2v) is 6.55. The topological polar surface area (TPSA) is 89.2 Å². The first-order valence-corrected chi connectivity index (χ1v) is 8.59. The first kappa shape index (κ1) is 18.0. The molecule has 1 saturated heterocycles. The maximum absolute atomic E-state index is 12.9. The number of nitrogens with two attached hydrogens (primary N) is 1. The number of benzene rings is 1. The van der Waals surface area contributed by atoms with Crippen molar-refractivity contribution >= 4 is 11.8 Å². The molecule has 26 heavy (non-hydrogen) atoms. The lowest BCUT2D eigenvalue weighted by Crippen LogP contribution is -2.39. The van der Waals surface area contributed by atoms with Crippen molar-refractivity contribution < 1.29 is 14.0 Å². The number of piperidine rings is 1. The second kappa shape index (κ2) is 7.59. The number of rotatable bonds is 4. The lowest BCUT2D eigenvalue weighted by molar-refractivity contribution is -0.131. The molecule has 2 N–H and O–H groups in total. The highest BCUT2D eigenvalue weighted by atomic mass is 19.1. The van der Waals surface area contributed by atoms with Gasteiger partial charge in [-0.15, -0.1) is 0 Å². The van der Waals surface area contributed by atoms with E-state index in [0.29, 0.717) is 30.2 Å². The number of hydrogen-bond acceptors (Lipinski definition) is 4. The Bertz CT molecular complexity index is 815. The van der Waals surface area contributed by atoms with Crippen molar-refractivity contribution in [1.82, 2.24) is 14.9 Å². The van der Waals surface area contributed by atoms with Crippen LogP contribution in [0.25, 0.3) is 0 Å². The van der Waals surface area contributed by atoms with Gasteiger partial charge in [-0.25, -0.2) is 14.4 Å². The lowest BCUT2D eigenvalue weighted by atomic mass is 9.95. The number of halogens is 1. The number of aryl methyl sites for hydroxylation is 1. The van der Waals surface area contributed by atoms with Crippen LogP contribution >= 0.6 is 0 Å². The van der Waals surface area contributed by atoms with Crippen molar-refractivity contribution in [1.29, 1.82) is 0 Å². The molecule has 2 aromatic rings. The number of hydrogen-bond donors (Lipinski definition) is 1. The molecule has 7 heteroatoms. The lowest BCUT2D eigenvalue weighted by Gasteiger charge is -2.31. The van der Waals surface area contributed by atoms with Crippen LogP contribution in [0.4, 0.5) is 4.39 Å². The van der Waals surface area contributed by atoms with E-state index in [-0.39, 0.29) is 24.1 Å². The molecule has 0 bridgehead atoms. The zero-order valence-corrected chi connectivity index (χ0v) is 14.6. The van der Waals surface area contributed by atoms with E-state index in [1.165, 1.54) is 18.3 Å². The summed E-state index contributed by atoms with van der Waals surface area (Å²) in [6.07, 6.45) is 3.29. The summed E-state index contributed by atoms with van der Waals surface area (Å²) < 4.78 is 12.9. The van der Waals surface area contributed by atoms with E-state index in [4.69, 9.17) is 5.73 Å². The molecule has 0 atom stereocenters. The third-order valence-corrected chi connectivity index (χ3v) is 4.74. The van der Waals surface area contributed by atoms with Crippen LogP contribution in [0.15, 0.2) is 30.5 Å². The molecule has 1 fully saturated rings. The van der Waals surface area contributed by atoms with Gasteiger partial charge < -0.3 is 10.6 Å². The summed E-state index contributed by atoms with van der Waals surface area (Å²) in [6, 6.07) is 6.00. The predicted molar refractivity (Wildman–Crippen MR) is 93.9 cm³/mol. The minimum absolute atomic E-state index is 0.0382. The zero-order valence-electron chi connectivity index (χ0n) is 14.6. The Morgan fingerprint density at radius 1 is 1.23 bits per heavy atom. The fourth-order valence-electron chi connectivity index (χ4n) is 3.20. The molecule has 6 nitrogen and oxygen atoms in total. The highest BCUT2D eigenvalue weighted by Crippen LogP contribution is 2.26. The highest BCUT2D eigenvalue weighted by Gasteiger charge is 2.26. The van der Waals surface area contributed by atoms with Gasteiger partial charge in [0.05, 0.1) is 17.7 Å². The Labute approximate surface area is 151 Å². The summed E-state index contributed by atoms with van der Waals surface area (Å²) in [5, 5.41) is 0. The summed E-state index contributed by atoms with van der Waals surface area (Å²) in [5.74, 6) is 0.0507. The van der Waals surface area contributed by atoms with E-state index in [0.717, 1.165) is 18.4 Å². The standard InChI is InChI=1S/C19H21FN4O2/c1-12-16(18(21)26)11-22-19(23-12)14-6-8-24(9-7-14)17(25)10-13-2-4-15(20)5-3-13/h2-5,11,14H,6-10H2,1H3,(H2,21,26). The van der Waals surface area contributed by atoms with E-state index in [1.54, 1.807) is 19.1 Å². The Morgan fingerprint density at radius 3 is 2.46 bits per heavy atom. The summed E-state index contributed by atoms with van der Waals surface area (Å²) >= 11 is 0. The molecule has 0 radical (unpaired) electrons. The second-order valence-electron chi connectivity index (χ2n) is 6.55. The van der Waals surface area contributed by atoms with Crippen molar-refractivity contribution in [3.05, 3.63) is 58.9 Å². The number of carbonyl (C=O) groups is 2. The first-order valence-electron chi connectivity index (χ1n) is 8.59. The predicted octanol–water partition coefficient (Wildman–Crippen LogP) is 1.97. The van der Waals surface area contributed by atoms with Crippen LogP contribution < -0.4 is 5.73 Å². The molecule has 1 aliphatic rings. The average Bonchev–Trinajstić information content (AvgIpc) is 2.63. The molecule has 0 saturated carbocycles. The third kappa shape index (κ3) is 4.04. The van der Waals surface area contributed by atoms with E-state index in [9.17, 15) is 14.0 Å². The Morgan fingerprint density at radius 2 is 1.88 bits per heavy atom. The third-order valence-electron chi connectivity index (χ3n) is 4.74. The molecule has 3 rings (SSSR count). The van der Waals surface area contributed by atoms with Gasteiger partial charge in [0, 0.05) is 25.2 Å². The van der Waals surface area contributed by atoms with Crippen molar-refractivity contribution in [2.45, 2.75) is 32.1 Å². The Balaban J connectivity index is 1.58. The summed E-state index contributed by atoms with van der Waals surface area (Å²) in [6.45, 7) is 3.00. The maximum atomic E-state index is 12.9. The summed E-state index contributed by atoms with van der Waals surface area (Å²) in [4.78, 5) is 34.2. The molecule has 2 heterocycles. The van der Waals surface area contributed by atoms with Crippen molar-refractivity contribution in [2.75, 3.05) is 13.1 Å². The number of primary amides is 1. The molecular formula is C19H21FN4O2. The number of likely N-dealkylation sites (tertiary alicyclic amines) is 1. The van der Waals surface area contributed by atoms with Crippen LogP contribution in [0.1, 0.15) is 46.2 Å². The van der Waals surface area contributed by atoms with E-state index in [2.05, 4.69) is 9.97 Å². The van der Waals surface area contributed by atoms with Crippen LogP contribution in [0.2, 0.25) is 0 Å². The quantitative estimate of drug-likeness (QED) is 0.907. The number of carbonyl (C=O) groups excluding carboxylic acids is 2. The molecular weight excluding hydrogens is 335 g/mol. The molecule has 1 aliphatic heterocycles. The molecule has 0 spiro atoms. The van der Waals surface area contributed by atoms with Crippen molar-refractivity contribution in [3.8, 4) is 0 Å². The highest BCUT2D eigenvalue weighted by molar-refractivity contribution is 5.93. The van der Waals surface area contributed by atoms with E-state index < -0.39 is 5.91 Å². The van der Waals surface area contributed by atoms with Crippen molar-refractivity contribution in [3.63, 3.8) is 0 Å².